The Balaban J connectivity index is 1.70. The molecule has 6 nitrogen and oxygen atoms in total. The Morgan fingerprint density at radius 1 is 1.11 bits per heavy atom. The van der Waals surface area contributed by atoms with E-state index in [9.17, 15) is 9.59 Å². The van der Waals surface area contributed by atoms with E-state index in [0.29, 0.717) is 29.6 Å². The predicted octanol–water partition coefficient (Wildman–Crippen LogP) is 3.82. The third-order valence-corrected chi connectivity index (χ3v) is 5.03. The van der Waals surface area contributed by atoms with E-state index < -0.39 is 5.92 Å². The van der Waals surface area contributed by atoms with Gasteiger partial charge in [-0.2, -0.15) is 0 Å². The molecule has 0 saturated carbocycles. The molecule has 1 heterocycles. The van der Waals surface area contributed by atoms with Crippen LogP contribution in [-0.4, -0.2) is 32.6 Å². The summed E-state index contributed by atoms with van der Waals surface area (Å²) in [5, 5.41) is 2.87. The molecule has 148 valence electrons. The van der Waals surface area contributed by atoms with Crippen LogP contribution in [0, 0.1) is 5.92 Å². The minimum atomic E-state index is -0.413. The van der Waals surface area contributed by atoms with Gasteiger partial charge in [-0.1, -0.05) is 26.0 Å². The van der Waals surface area contributed by atoms with Crippen LogP contribution in [0.5, 0.6) is 11.5 Å². The fourth-order valence-electron chi connectivity index (χ4n) is 3.31. The molecule has 1 unspecified atom stereocenters. The van der Waals surface area contributed by atoms with Crippen LogP contribution in [0.2, 0.25) is 0 Å². The SMILES string of the molecule is COc1ccc(NC(=O)C2CC(=O)N(c3ccc(C(C)C)cc3)C2)c(OC)c1. The Kier molecular flexibility index (Phi) is 5.87. The second-order valence-corrected chi connectivity index (χ2v) is 7.21. The van der Waals surface area contributed by atoms with Crippen molar-refractivity contribution in [2.75, 3.05) is 31.0 Å². The smallest absolute Gasteiger partial charge is 0.229 e. The van der Waals surface area contributed by atoms with Gasteiger partial charge in [0.05, 0.1) is 25.8 Å². The fraction of sp³-hybridized carbons (Fsp3) is 0.364. The van der Waals surface area contributed by atoms with Gasteiger partial charge in [0.25, 0.3) is 0 Å². The number of benzene rings is 2. The van der Waals surface area contributed by atoms with Gasteiger partial charge in [0.1, 0.15) is 11.5 Å². The van der Waals surface area contributed by atoms with Gasteiger partial charge in [-0.05, 0) is 35.7 Å². The standard InChI is InChI=1S/C22H26N2O4/c1-14(2)15-5-7-17(8-6-15)24-13-16(11-21(24)25)22(26)23-19-10-9-18(27-3)12-20(19)28-4/h5-10,12,14,16H,11,13H2,1-4H3,(H,23,26). The summed E-state index contributed by atoms with van der Waals surface area (Å²) in [6, 6.07) is 13.1. The van der Waals surface area contributed by atoms with Crippen molar-refractivity contribution >= 4 is 23.2 Å². The number of amides is 2. The molecule has 0 bridgehead atoms. The van der Waals surface area contributed by atoms with Crippen molar-refractivity contribution in [1.82, 2.24) is 0 Å². The molecule has 1 N–H and O–H groups in total. The van der Waals surface area contributed by atoms with E-state index in [1.165, 1.54) is 12.7 Å². The number of nitrogens with zero attached hydrogens (tertiary/aromatic N) is 1. The van der Waals surface area contributed by atoms with Gasteiger partial charge in [-0.25, -0.2) is 0 Å². The molecule has 1 atom stereocenters. The van der Waals surface area contributed by atoms with Crippen molar-refractivity contribution < 1.29 is 19.1 Å². The summed E-state index contributed by atoms with van der Waals surface area (Å²) in [5.74, 6) is 0.933. The maximum atomic E-state index is 12.7. The van der Waals surface area contributed by atoms with Crippen LogP contribution < -0.4 is 19.7 Å². The maximum Gasteiger partial charge on any atom is 0.229 e. The molecule has 2 aromatic carbocycles. The number of carbonyl (C=O) groups is 2. The highest BCUT2D eigenvalue weighted by atomic mass is 16.5. The van der Waals surface area contributed by atoms with Gasteiger partial charge in [0.2, 0.25) is 11.8 Å². The Morgan fingerprint density at radius 2 is 1.82 bits per heavy atom. The molecule has 1 aliphatic rings. The van der Waals surface area contributed by atoms with E-state index in [4.69, 9.17) is 9.47 Å². The highest BCUT2D eigenvalue weighted by Crippen LogP contribution is 2.31. The van der Waals surface area contributed by atoms with Crippen molar-refractivity contribution in [2.45, 2.75) is 26.2 Å². The van der Waals surface area contributed by atoms with Crippen LogP contribution >= 0.6 is 0 Å². The van der Waals surface area contributed by atoms with E-state index in [2.05, 4.69) is 19.2 Å². The summed E-state index contributed by atoms with van der Waals surface area (Å²) in [4.78, 5) is 26.9. The minimum absolute atomic E-state index is 0.0425. The van der Waals surface area contributed by atoms with E-state index in [1.807, 2.05) is 24.3 Å². The Morgan fingerprint density at radius 3 is 2.43 bits per heavy atom. The summed E-state index contributed by atoms with van der Waals surface area (Å²) in [7, 11) is 3.10. The third-order valence-electron chi connectivity index (χ3n) is 5.03. The molecule has 1 fully saturated rings. The third kappa shape index (κ3) is 4.11. The second kappa shape index (κ2) is 8.33. The lowest BCUT2D eigenvalue weighted by atomic mass is 10.0. The molecule has 0 radical (unpaired) electrons. The van der Waals surface area contributed by atoms with Crippen molar-refractivity contribution in [3.05, 3.63) is 48.0 Å². The molecule has 2 aromatic rings. The average Bonchev–Trinajstić information content (AvgIpc) is 3.10. The summed E-state index contributed by atoms with van der Waals surface area (Å²) in [6.07, 6.45) is 0.191. The van der Waals surface area contributed by atoms with Crippen LogP contribution in [0.3, 0.4) is 0 Å². The first-order valence-electron chi connectivity index (χ1n) is 9.36. The number of hydrogen-bond acceptors (Lipinski definition) is 4. The molecular formula is C22H26N2O4. The van der Waals surface area contributed by atoms with E-state index >= 15 is 0 Å². The van der Waals surface area contributed by atoms with Crippen molar-refractivity contribution in [1.29, 1.82) is 0 Å². The fourth-order valence-corrected chi connectivity index (χ4v) is 3.31. The van der Waals surface area contributed by atoms with Gasteiger partial charge in [-0.15, -0.1) is 0 Å². The molecule has 3 rings (SSSR count). The van der Waals surface area contributed by atoms with Crippen molar-refractivity contribution in [3.63, 3.8) is 0 Å². The molecular weight excluding hydrogens is 356 g/mol. The van der Waals surface area contributed by atoms with E-state index in [0.717, 1.165) is 5.69 Å². The quantitative estimate of drug-likeness (QED) is 0.825. The zero-order chi connectivity index (χ0) is 20.3. The summed E-state index contributed by atoms with van der Waals surface area (Å²) < 4.78 is 10.5. The molecule has 2 amide bonds. The van der Waals surface area contributed by atoms with Gasteiger partial charge >= 0.3 is 0 Å². The molecule has 1 aliphatic heterocycles. The monoisotopic (exact) mass is 382 g/mol. The second-order valence-electron chi connectivity index (χ2n) is 7.21. The lowest BCUT2D eigenvalue weighted by molar-refractivity contribution is -0.122. The lowest BCUT2D eigenvalue weighted by Gasteiger charge is -2.18. The zero-order valence-electron chi connectivity index (χ0n) is 16.7. The number of rotatable bonds is 6. The van der Waals surface area contributed by atoms with Crippen LogP contribution in [0.25, 0.3) is 0 Å². The Hall–Kier alpha value is -3.02. The first-order chi connectivity index (χ1) is 13.4. The van der Waals surface area contributed by atoms with Gasteiger partial charge < -0.3 is 19.7 Å². The summed E-state index contributed by atoms with van der Waals surface area (Å²) in [5.41, 5.74) is 2.60. The number of methoxy groups -OCH3 is 2. The van der Waals surface area contributed by atoms with Crippen LogP contribution in [-0.2, 0) is 9.59 Å². The van der Waals surface area contributed by atoms with E-state index in [-0.39, 0.29) is 18.2 Å². The minimum Gasteiger partial charge on any atom is -0.497 e. The molecule has 0 aliphatic carbocycles. The number of nitrogens with one attached hydrogen (secondary N) is 1. The molecule has 0 aromatic heterocycles. The average molecular weight is 382 g/mol. The van der Waals surface area contributed by atoms with Crippen LogP contribution in [0.15, 0.2) is 42.5 Å². The zero-order valence-corrected chi connectivity index (χ0v) is 16.7. The number of hydrogen-bond donors (Lipinski definition) is 1. The molecule has 0 spiro atoms. The Labute approximate surface area is 165 Å². The van der Waals surface area contributed by atoms with Crippen LogP contribution in [0.4, 0.5) is 11.4 Å². The molecule has 1 saturated heterocycles. The summed E-state index contributed by atoms with van der Waals surface area (Å²) in [6.45, 7) is 4.62. The summed E-state index contributed by atoms with van der Waals surface area (Å²) >= 11 is 0. The maximum absolute atomic E-state index is 12.7. The van der Waals surface area contributed by atoms with Gasteiger partial charge in [0.15, 0.2) is 0 Å². The predicted molar refractivity (Wildman–Crippen MR) is 109 cm³/mol. The highest BCUT2D eigenvalue weighted by Gasteiger charge is 2.35. The largest absolute Gasteiger partial charge is 0.497 e. The topological polar surface area (TPSA) is 67.9 Å². The van der Waals surface area contributed by atoms with Crippen molar-refractivity contribution in [3.8, 4) is 11.5 Å². The van der Waals surface area contributed by atoms with Gasteiger partial charge in [0, 0.05) is 24.7 Å². The number of carbonyl (C=O) groups excluding carboxylic acids is 2. The normalized spacial score (nSPS) is 16.4. The van der Waals surface area contributed by atoms with Gasteiger partial charge in [-0.3, -0.25) is 9.59 Å². The molecule has 28 heavy (non-hydrogen) atoms. The van der Waals surface area contributed by atoms with Crippen molar-refractivity contribution in [2.24, 2.45) is 5.92 Å². The Bertz CT molecular complexity index is 861. The highest BCUT2D eigenvalue weighted by molar-refractivity contribution is 6.04. The number of ether oxygens (including phenoxy) is 2. The van der Waals surface area contributed by atoms with E-state index in [1.54, 1.807) is 30.2 Å². The lowest BCUT2D eigenvalue weighted by Crippen LogP contribution is -2.28. The first-order valence-corrected chi connectivity index (χ1v) is 9.36. The van der Waals surface area contributed by atoms with Crippen LogP contribution in [0.1, 0.15) is 31.7 Å². The first kappa shape index (κ1) is 19.7. The molecule has 6 heteroatoms. The number of anilines is 2.